The van der Waals surface area contributed by atoms with Crippen molar-refractivity contribution in [2.24, 2.45) is 0 Å². The molecule has 0 unspecified atom stereocenters. The molecule has 1 fully saturated rings. The number of piperidine rings is 1. The lowest BCUT2D eigenvalue weighted by atomic mass is 10.1. The van der Waals surface area contributed by atoms with Gasteiger partial charge in [0.05, 0.1) is 24.3 Å². The monoisotopic (exact) mass is 380 g/mol. The van der Waals surface area contributed by atoms with Gasteiger partial charge in [-0.1, -0.05) is 24.6 Å². The summed E-state index contributed by atoms with van der Waals surface area (Å²) in [5, 5.41) is 2.85. The van der Waals surface area contributed by atoms with Gasteiger partial charge in [0.1, 0.15) is 5.76 Å². The van der Waals surface area contributed by atoms with Crippen LogP contribution < -0.4 is 5.32 Å². The highest BCUT2D eigenvalue weighted by Gasteiger charge is 2.30. The van der Waals surface area contributed by atoms with Gasteiger partial charge < -0.3 is 9.73 Å². The topological polar surface area (TPSA) is 45.5 Å². The fourth-order valence-electron chi connectivity index (χ4n) is 3.44. The van der Waals surface area contributed by atoms with Gasteiger partial charge in [-0.2, -0.15) is 13.2 Å². The molecule has 1 atom stereocenters. The summed E-state index contributed by atoms with van der Waals surface area (Å²) in [6.07, 6.45) is 0.519. The normalized spacial score (nSPS) is 16.9. The molecule has 1 aromatic heterocycles. The summed E-state index contributed by atoms with van der Waals surface area (Å²) in [6, 6.07) is 8.52. The number of alkyl halides is 3. The number of rotatable bonds is 6. The van der Waals surface area contributed by atoms with E-state index in [9.17, 15) is 18.0 Å². The Morgan fingerprint density at radius 2 is 1.93 bits per heavy atom. The van der Waals surface area contributed by atoms with E-state index >= 15 is 0 Å². The molecule has 4 nitrogen and oxygen atoms in total. The minimum absolute atomic E-state index is 0.0641. The Labute approximate surface area is 156 Å². The van der Waals surface area contributed by atoms with Crippen LogP contribution in [0.1, 0.15) is 42.2 Å². The first kappa shape index (κ1) is 19.5. The fourth-order valence-corrected chi connectivity index (χ4v) is 3.44. The third-order valence-electron chi connectivity index (χ3n) is 4.81. The van der Waals surface area contributed by atoms with Crippen molar-refractivity contribution in [1.29, 1.82) is 0 Å². The summed E-state index contributed by atoms with van der Waals surface area (Å²) in [5.74, 6) is 0.485. The lowest BCUT2D eigenvalue weighted by Gasteiger charge is -2.33. The van der Waals surface area contributed by atoms with E-state index in [4.69, 9.17) is 4.42 Å². The molecule has 1 N–H and O–H groups in total. The Hall–Kier alpha value is -2.28. The molecule has 1 aliphatic heterocycles. The molecule has 1 amide bonds. The number of halogens is 3. The van der Waals surface area contributed by atoms with Crippen LogP contribution in [0.4, 0.5) is 13.2 Å². The summed E-state index contributed by atoms with van der Waals surface area (Å²) in [4.78, 5) is 14.6. The molecule has 1 aromatic carbocycles. The van der Waals surface area contributed by atoms with Gasteiger partial charge in [-0.15, -0.1) is 0 Å². The van der Waals surface area contributed by atoms with E-state index in [1.165, 1.54) is 18.6 Å². The van der Waals surface area contributed by atoms with Crippen molar-refractivity contribution < 1.29 is 22.4 Å². The summed E-state index contributed by atoms with van der Waals surface area (Å²) in [6.45, 7) is 2.25. The standard InChI is InChI=1S/C20H23F3N2O2/c21-20(22,23)16-7-4-6-15(12-16)13-19(26)24-14-17(18-8-5-11-27-18)25-9-2-1-3-10-25/h4-8,11-12,17H,1-3,9-10,13-14H2,(H,24,26)/t17-/m0/s1. The average Bonchev–Trinajstić information content (AvgIpc) is 3.17. The van der Waals surface area contributed by atoms with Crippen molar-refractivity contribution >= 4 is 5.91 Å². The predicted octanol–water partition coefficient (Wildman–Crippen LogP) is 4.18. The van der Waals surface area contributed by atoms with Crippen LogP contribution in [0.5, 0.6) is 0 Å². The number of carbonyl (C=O) groups excluding carboxylic acids is 1. The molecule has 146 valence electrons. The van der Waals surface area contributed by atoms with Gasteiger partial charge in [0.2, 0.25) is 5.91 Å². The Bertz CT molecular complexity index is 738. The van der Waals surface area contributed by atoms with Gasteiger partial charge in [-0.25, -0.2) is 0 Å². The number of likely N-dealkylation sites (tertiary alicyclic amines) is 1. The summed E-state index contributed by atoms with van der Waals surface area (Å²) in [5.41, 5.74) is -0.399. The lowest BCUT2D eigenvalue weighted by Crippen LogP contribution is -2.40. The van der Waals surface area contributed by atoms with Crippen LogP contribution in [0.15, 0.2) is 47.1 Å². The zero-order valence-corrected chi connectivity index (χ0v) is 15.0. The van der Waals surface area contributed by atoms with Crippen LogP contribution in [0.3, 0.4) is 0 Å². The maximum Gasteiger partial charge on any atom is 0.416 e. The number of hydrogen-bond donors (Lipinski definition) is 1. The summed E-state index contributed by atoms with van der Waals surface area (Å²) < 4.78 is 44.0. The number of nitrogens with zero attached hydrogens (tertiary/aromatic N) is 1. The van der Waals surface area contributed by atoms with E-state index in [0.29, 0.717) is 12.1 Å². The van der Waals surface area contributed by atoms with E-state index in [-0.39, 0.29) is 18.4 Å². The van der Waals surface area contributed by atoms with Crippen molar-refractivity contribution in [2.75, 3.05) is 19.6 Å². The molecule has 0 spiro atoms. The second kappa shape index (κ2) is 8.61. The second-order valence-corrected chi connectivity index (χ2v) is 6.81. The first-order chi connectivity index (χ1) is 12.9. The smallest absolute Gasteiger partial charge is 0.416 e. The fraction of sp³-hybridized carbons (Fsp3) is 0.450. The third-order valence-corrected chi connectivity index (χ3v) is 4.81. The van der Waals surface area contributed by atoms with Crippen molar-refractivity contribution in [3.8, 4) is 0 Å². The van der Waals surface area contributed by atoms with Crippen molar-refractivity contribution in [1.82, 2.24) is 10.2 Å². The van der Waals surface area contributed by atoms with E-state index in [0.717, 1.165) is 43.8 Å². The molecule has 0 radical (unpaired) electrons. The molecule has 1 aliphatic rings. The van der Waals surface area contributed by atoms with Crippen LogP contribution in [0.2, 0.25) is 0 Å². The van der Waals surface area contributed by atoms with Crippen LogP contribution in [0, 0.1) is 0 Å². The van der Waals surface area contributed by atoms with Gasteiger partial charge in [-0.05, 0) is 49.7 Å². The predicted molar refractivity (Wildman–Crippen MR) is 95.0 cm³/mol. The van der Waals surface area contributed by atoms with E-state index in [2.05, 4.69) is 10.2 Å². The maximum absolute atomic E-state index is 12.8. The number of nitrogens with one attached hydrogen (secondary N) is 1. The Balaban J connectivity index is 1.61. The van der Waals surface area contributed by atoms with Crippen molar-refractivity contribution in [3.05, 3.63) is 59.5 Å². The molecule has 0 bridgehead atoms. The van der Waals surface area contributed by atoms with Gasteiger partial charge in [-0.3, -0.25) is 9.69 Å². The average molecular weight is 380 g/mol. The minimum Gasteiger partial charge on any atom is -0.468 e. The molecule has 7 heteroatoms. The van der Waals surface area contributed by atoms with Crippen molar-refractivity contribution in [2.45, 2.75) is 37.9 Å². The minimum atomic E-state index is -4.41. The zero-order chi connectivity index (χ0) is 19.3. The highest BCUT2D eigenvalue weighted by Crippen LogP contribution is 2.29. The molecular formula is C20H23F3N2O2. The zero-order valence-electron chi connectivity index (χ0n) is 15.0. The number of hydrogen-bond acceptors (Lipinski definition) is 3. The van der Waals surface area contributed by atoms with Crippen LogP contribution in [0.25, 0.3) is 0 Å². The maximum atomic E-state index is 12.8. The highest BCUT2D eigenvalue weighted by atomic mass is 19.4. The van der Waals surface area contributed by atoms with E-state index in [1.54, 1.807) is 6.26 Å². The van der Waals surface area contributed by atoms with Gasteiger partial charge >= 0.3 is 6.18 Å². The highest BCUT2D eigenvalue weighted by molar-refractivity contribution is 5.78. The molecule has 1 saturated heterocycles. The first-order valence-corrected chi connectivity index (χ1v) is 9.14. The molecule has 3 rings (SSSR count). The molecular weight excluding hydrogens is 357 g/mol. The van der Waals surface area contributed by atoms with Crippen molar-refractivity contribution in [3.63, 3.8) is 0 Å². The number of carbonyl (C=O) groups is 1. The summed E-state index contributed by atoms with van der Waals surface area (Å²) in [7, 11) is 0. The Kier molecular flexibility index (Phi) is 6.21. The summed E-state index contributed by atoms with van der Waals surface area (Å²) >= 11 is 0. The number of benzene rings is 1. The second-order valence-electron chi connectivity index (χ2n) is 6.81. The molecule has 0 aliphatic carbocycles. The number of furan rings is 1. The van der Waals surface area contributed by atoms with E-state index in [1.807, 2.05) is 12.1 Å². The van der Waals surface area contributed by atoms with Crippen LogP contribution in [-0.4, -0.2) is 30.4 Å². The molecule has 2 heterocycles. The van der Waals surface area contributed by atoms with Gasteiger partial charge in [0, 0.05) is 6.54 Å². The quantitative estimate of drug-likeness (QED) is 0.818. The van der Waals surface area contributed by atoms with Crippen LogP contribution >= 0.6 is 0 Å². The molecule has 27 heavy (non-hydrogen) atoms. The largest absolute Gasteiger partial charge is 0.468 e. The van der Waals surface area contributed by atoms with Gasteiger partial charge in [0.25, 0.3) is 0 Å². The number of amides is 1. The molecule has 0 saturated carbocycles. The van der Waals surface area contributed by atoms with Crippen LogP contribution in [-0.2, 0) is 17.4 Å². The Morgan fingerprint density at radius 1 is 1.15 bits per heavy atom. The lowest BCUT2D eigenvalue weighted by molar-refractivity contribution is -0.137. The van der Waals surface area contributed by atoms with Gasteiger partial charge in [0.15, 0.2) is 0 Å². The van der Waals surface area contributed by atoms with E-state index < -0.39 is 11.7 Å². The molecule has 2 aromatic rings. The first-order valence-electron chi connectivity index (χ1n) is 9.14. The Morgan fingerprint density at radius 3 is 2.59 bits per heavy atom. The SMILES string of the molecule is O=C(Cc1cccc(C(F)(F)F)c1)NC[C@@H](c1ccco1)N1CCCCC1. The third kappa shape index (κ3) is 5.35.